The summed E-state index contributed by atoms with van der Waals surface area (Å²) in [6.45, 7) is -0.151. The van der Waals surface area contributed by atoms with Crippen LogP contribution in [0.25, 0.3) is 11.1 Å². The molecule has 3 rings (SSSR count). The van der Waals surface area contributed by atoms with Crippen molar-refractivity contribution in [1.82, 2.24) is 0 Å². The third kappa shape index (κ3) is 5.07. The molecule has 0 heterocycles. The van der Waals surface area contributed by atoms with Crippen LogP contribution in [0.1, 0.15) is 27.5 Å². The highest BCUT2D eigenvalue weighted by Crippen LogP contribution is 2.24. The molecule has 0 aliphatic rings. The third-order valence-corrected chi connectivity index (χ3v) is 4.58. The summed E-state index contributed by atoms with van der Waals surface area (Å²) < 4.78 is 0. The van der Waals surface area contributed by atoms with E-state index in [0.717, 1.165) is 16.7 Å². The van der Waals surface area contributed by atoms with Crippen LogP contribution in [0.4, 0.5) is 5.69 Å². The molecular formula is C23H22N2O4. The fraction of sp³-hybridized carbons (Fsp3) is 0.130. The molecule has 148 valence electrons. The van der Waals surface area contributed by atoms with Crippen molar-refractivity contribution in [2.24, 2.45) is 5.73 Å². The molecule has 0 radical (unpaired) electrons. The van der Waals surface area contributed by atoms with E-state index >= 15 is 0 Å². The van der Waals surface area contributed by atoms with Gasteiger partial charge in [-0.25, -0.2) is 0 Å². The lowest BCUT2D eigenvalue weighted by molar-refractivity contribution is -0.136. The second kappa shape index (κ2) is 9.14. The van der Waals surface area contributed by atoms with Gasteiger partial charge < -0.3 is 21.3 Å². The predicted octanol–water partition coefficient (Wildman–Crippen LogP) is 3.23. The number of aliphatic carboxylic acids is 1. The third-order valence-electron chi connectivity index (χ3n) is 4.58. The fourth-order valence-electron chi connectivity index (χ4n) is 3.05. The number of benzene rings is 3. The van der Waals surface area contributed by atoms with Gasteiger partial charge in [0.25, 0.3) is 5.91 Å². The van der Waals surface area contributed by atoms with E-state index in [1.165, 1.54) is 0 Å². The van der Waals surface area contributed by atoms with Crippen molar-refractivity contribution >= 4 is 17.6 Å². The van der Waals surface area contributed by atoms with Gasteiger partial charge in [0.05, 0.1) is 19.1 Å². The number of carboxylic acid groups (broad SMARTS) is 1. The molecule has 1 unspecified atom stereocenters. The van der Waals surface area contributed by atoms with Crippen LogP contribution in [-0.4, -0.2) is 28.7 Å². The second-order valence-electron chi connectivity index (χ2n) is 6.68. The Labute approximate surface area is 168 Å². The zero-order valence-electron chi connectivity index (χ0n) is 15.7. The summed E-state index contributed by atoms with van der Waals surface area (Å²) in [5.74, 6) is -1.29. The van der Waals surface area contributed by atoms with E-state index in [1.807, 2.05) is 30.3 Å². The Kier molecular flexibility index (Phi) is 6.39. The lowest BCUT2D eigenvalue weighted by atomic mass is 9.98. The number of aliphatic hydroxyl groups excluding tert-OH is 1. The first kappa shape index (κ1) is 20.3. The van der Waals surface area contributed by atoms with Crippen molar-refractivity contribution in [3.63, 3.8) is 0 Å². The van der Waals surface area contributed by atoms with E-state index in [-0.39, 0.29) is 18.9 Å². The van der Waals surface area contributed by atoms with E-state index < -0.39 is 12.0 Å². The smallest absolute Gasteiger partial charge is 0.307 e. The van der Waals surface area contributed by atoms with Crippen molar-refractivity contribution in [3.05, 3.63) is 89.5 Å². The second-order valence-corrected chi connectivity index (χ2v) is 6.68. The average molecular weight is 390 g/mol. The molecule has 0 saturated heterocycles. The molecule has 0 fully saturated rings. The zero-order chi connectivity index (χ0) is 20.8. The first-order valence-corrected chi connectivity index (χ1v) is 9.16. The van der Waals surface area contributed by atoms with Gasteiger partial charge in [0.2, 0.25) is 0 Å². The van der Waals surface area contributed by atoms with Gasteiger partial charge in [-0.3, -0.25) is 9.59 Å². The van der Waals surface area contributed by atoms with Gasteiger partial charge in [0, 0.05) is 11.3 Å². The van der Waals surface area contributed by atoms with Crippen molar-refractivity contribution in [2.45, 2.75) is 12.5 Å². The Morgan fingerprint density at radius 1 is 0.931 bits per heavy atom. The molecule has 0 bridgehead atoms. The molecule has 5 N–H and O–H groups in total. The van der Waals surface area contributed by atoms with Crippen molar-refractivity contribution in [1.29, 1.82) is 0 Å². The van der Waals surface area contributed by atoms with Crippen LogP contribution in [0.5, 0.6) is 0 Å². The number of amides is 1. The number of carboxylic acids is 1. The summed E-state index contributed by atoms with van der Waals surface area (Å²) in [4.78, 5) is 23.8. The molecule has 1 atom stereocenters. The van der Waals surface area contributed by atoms with Gasteiger partial charge in [-0.15, -0.1) is 0 Å². The highest BCUT2D eigenvalue weighted by molar-refractivity contribution is 6.05. The Balaban J connectivity index is 1.85. The molecule has 6 heteroatoms. The summed E-state index contributed by atoms with van der Waals surface area (Å²) in [7, 11) is 0. The molecule has 6 nitrogen and oxygen atoms in total. The highest BCUT2D eigenvalue weighted by Gasteiger charge is 2.12. The largest absolute Gasteiger partial charge is 0.481 e. The van der Waals surface area contributed by atoms with Gasteiger partial charge in [-0.05, 0) is 46.5 Å². The molecule has 0 aromatic heterocycles. The maximum atomic E-state index is 12.7. The molecule has 0 spiro atoms. The Bertz CT molecular complexity index is 1030. The monoisotopic (exact) mass is 390 g/mol. The summed E-state index contributed by atoms with van der Waals surface area (Å²) in [5, 5.41) is 21.1. The van der Waals surface area contributed by atoms with Crippen LogP contribution in [-0.2, 0) is 11.2 Å². The molecule has 0 aliphatic heterocycles. The van der Waals surface area contributed by atoms with Crippen LogP contribution in [0.2, 0.25) is 0 Å². The summed E-state index contributed by atoms with van der Waals surface area (Å²) in [6, 6.07) is 21.0. The molecule has 3 aromatic rings. The van der Waals surface area contributed by atoms with Crippen LogP contribution >= 0.6 is 0 Å². The number of rotatable bonds is 7. The van der Waals surface area contributed by atoms with Gasteiger partial charge in [-0.1, -0.05) is 48.5 Å². The Hall–Kier alpha value is -3.48. The lowest BCUT2D eigenvalue weighted by Gasteiger charge is -2.12. The lowest BCUT2D eigenvalue weighted by Crippen LogP contribution is -2.15. The van der Waals surface area contributed by atoms with E-state index in [9.17, 15) is 14.7 Å². The normalized spacial score (nSPS) is 11.7. The van der Waals surface area contributed by atoms with Crippen molar-refractivity contribution < 1.29 is 19.8 Å². The molecule has 1 amide bonds. The van der Waals surface area contributed by atoms with E-state index in [4.69, 9.17) is 10.8 Å². The minimum atomic E-state index is -0.963. The summed E-state index contributed by atoms with van der Waals surface area (Å²) >= 11 is 0. The van der Waals surface area contributed by atoms with Crippen LogP contribution in [0, 0.1) is 0 Å². The van der Waals surface area contributed by atoms with Gasteiger partial charge >= 0.3 is 5.97 Å². The van der Waals surface area contributed by atoms with E-state index in [2.05, 4.69) is 5.32 Å². The number of nitrogens with one attached hydrogen (secondary N) is 1. The molecule has 0 aliphatic carbocycles. The first-order valence-electron chi connectivity index (χ1n) is 9.16. The minimum absolute atomic E-state index is 0.151. The van der Waals surface area contributed by atoms with E-state index in [0.29, 0.717) is 16.8 Å². The zero-order valence-corrected chi connectivity index (χ0v) is 15.7. The SMILES string of the molecule is NC(CO)c1cccc(-c2cccc(C(=O)Nc3ccccc3CC(=O)O)c2)c1. The maximum Gasteiger partial charge on any atom is 0.307 e. The Morgan fingerprint density at radius 3 is 2.34 bits per heavy atom. The van der Waals surface area contributed by atoms with Gasteiger partial charge in [-0.2, -0.15) is 0 Å². The number of para-hydroxylation sites is 1. The molecule has 3 aromatic carbocycles. The molecule has 0 saturated carbocycles. The standard InChI is InChI=1S/C23H22N2O4/c24-20(14-26)17-8-3-6-15(11-17)16-7-4-9-19(12-16)23(29)25-21-10-2-1-5-18(21)13-22(27)28/h1-12,20,26H,13-14,24H2,(H,25,29)(H,27,28). The number of hydrogen-bond acceptors (Lipinski definition) is 4. The molecule has 29 heavy (non-hydrogen) atoms. The van der Waals surface area contributed by atoms with Gasteiger partial charge in [0.1, 0.15) is 0 Å². The quantitative estimate of drug-likeness (QED) is 0.495. The van der Waals surface area contributed by atoms with Crippen molar-refractivity contribution in [3.8, 4) is 11.1 Å². The van der Waals surface area contributed by atoms with Crippen LogP contribution in [0.3, 0.4) is 0 Å². The highest BCUT2D eigenvalue weighted by atomic mass is 16.4. The predicted molar refractivity (Wildman–Crippen MR) is 112 cm³/mol. The van der Waals surface area contributed by atoms with Crippen LogP contribution in [0.15, 0.2) is 72.8 Å². The average Bonchev–Trinajstić information content (AvgIpc) is 2.74. The number of aliphatic hydroxyl groups is 1. The number of nitrogens with two attached hydrogens (primary N) is 1. The fourth-order valence-corrected chi connectivity index (χ4v) is 3.05. The molecular weight excluding hydrogens is 368 g/mol. The maximum absolute atomic E-state index is 12.7. The number of anilines is 1. The number of hydrogen-bond donors (Lipinski definition) is 4. The topological polar surface area (TPSA) is 113 Å². The number of carbonyl (C=O) groups excluding carboxylic acids is 1. The van der Waals surface area contributed by atoms with Gasteiger partial charge in [0.15, 0.2) is 0 Å². The number of carbonyl (C=O) groups is 2. The summed E-state index contributed by atoms with van der Waals surface area (Å²) in [5.41, 5.74) is 9.88. The minimum Gasteiger partial charge on any atom is -0.481 e. The Morgan fingerprint density at radius 2 is 1.62 bits per heavy atom. The van der Waals surface area contributed by atoms with E-state index in [1.54, 1.807) is 42.5 Å². The summed E-state index contributed by atoms with van der Waals surface area (Å²) in [6.07, 6.45) is -0.172. The van der Waals surface area contributed by atoms with Crippen molar-refractivity contribution in [2.75, 3.05) is 11.9 Å². The van der Waals surface area contributed by atoms with Crippen LogP contribution < -0.4 is 11.1 Å². The first-order chi connectivity index (χ1) is 14.0.